The van der Waals surface area contributed by atoms with E-state index in [1.165, 1.54) is 0 Å². The number of amides is 2. The molecule has 0 aromatic heterocycles. The van der Waals surface area contributed by atoms with Gasteiger partial charge in [0.05, 0.1) is 0 Å². The largest absolute Gasteiger partial charge is 0.481 e. The zero-order valence-electron chi connectivity index (χ0n) is 12.2. The number of carboxylic acid groups (broad SMARTS) is 1. The van der Waals surface area contributed by atoms with Crippen molar-refractivity contribution in [2.75, 3.05) is 6.54 Å². The van der Waals surface area contributed by atoms with Gasteiger partial charge in [0, 0.05) is 25.0 Å². The summed E-state index contributed by atoms with van der Waals surface area (Å²) in [6.45, 7) is 6.88. The van der Waals surface area contributed by atoms with Gasteiger partial charge in [-0.25, -0.2) is 4.79 Å². The molecule has 5 nitrogen and oxygen atoms in total. The van der Waals surface area contributed by atoms with Crippen molar-refractivity contribution in [1.82, 2.24) is 10.2 Å². The normalized spacial score (nSPS) is 21.3. The molecule has 110 valence electrons. The second-order valence-corrected chi connectivity index (χ2v) is 5.76. The summed E-state index contributed by atoms with van der Waals surface area (Å²) in [6.07, 6.45) is 3.69. The number of piperidine rings is 1. The van der Waals surface area contributed by atoms with Gasteiger partial charge in [0.15, 0.2) is 0 Å². The Labute approximate surface area is 115 Å². The Morgan fingerprint density at radius 3 is 2.58 bits per heavy atom. The van der Waals surface area contributed by atoms with E-state index in [4.69, 9.17) is 5.11 Å². The molecule has 1 heterocycles. The summed E-state index contributed by atoms with van der Waals surface area (Å²) >= 11 is 0. The topological polar surface area (TPSA) is 69.6 Å². The molecule has 1 saturated heterocycles. The van der Waals surface area contributed by atoms with Gasteiger partial charge in [-0.05, 0) is 38.5 Å². The minimum atomic E-state index is -0.790. The summed E-state index contributed by atoms with van der Waals surface area (Å²) in [5, 5.41) is 11.8. The number of hydrogen-bond donors (Lipinski definition) is 2. The predicted molar refractivity (Wildman–Crippen MR) is 74.0 cm³/mol. The van der Waals surface area contributed by atoms with E-state index in [0.29, 0.717) is 12.3 Å². The Kier molecular flexibility index (Phi) is 6.12. The zero-order chi connectivity index (χ0) is 14.4. The molecular weight excluding hydrogens is 244 g/mol. The van der Waals surface area contributed by atoms with Crippen LogP contribution in [0.1, 0.15) is 52.9 Å². The van der Waals surface area contributed by atoms with E-state index in [2.05, 4.69) is 19.2 Å². The molecule has 1 aliphatic heterocycles. The molecule has 1 rings (SSSR count). The first-order valence-electron chi connectivity index (χ1n) is 7.20. The average molecular weight is 270 g/mol. The Morgan fingerprint density at radius 1 is 1.32 bits per heavy atom. The lowest BCUT2D eigenvalue weighted by Crippen LogP contribution is -2.51. The van der Waals surface area contributed by atoms with Crippen LogP contribution in [0.2, 0.25) is 0 Å². The maximum atomic E-state index is 12.2. The van der Waals surface area contributed by atoms with E-state index in [9.17, 15) is 9.59 Å². The molecule has 0 saturated carbocycles. The van der Waals surface area contributed by atoms with Crippen LogP contribution in [0.5, 0.6) is 0 Å². The van der Waals surface area contributed by atoms with E-state index in [-0.39, 0.29) is 24.5 Å². The number of nitrogens with zero attached hydrogens (tertiary/aromatic N) is 1. The fraction of sp³-hybridized carbons (Fsp3) is 0.857. The number of carbonyl (C=O) groups excluding carboxylic acids is 1. The van der Waals surface area contributed by atoms with Crippen LogP contribution in [0.25, 0.3) is 0 Å². The van der Waals surface area contributed by atoms with Gasteiger partial charge < -0.3 is 15.3 Å². The standard InChI is InChI=1S/C14H26N2O3/c1-10(2)11(3)15-14(19)16-9-5-4-6-12(16)7-8-13(17)18/h10-12H,4-9H2,1-3H3,(H,15,19)(H,17,18). The van der Waals surface area contributed by atoms with Crippen molar-refractivity contribution in [2.45, 2.75) is 65.0 Å². The lowest BCUT2D eigenvalue weighted by Gasteiger charge is -2.36. The van der Waals surface area contributed by atoms with E-state index < -0.39 is 5.97 Å². The van der Waals surface area contributed by atoms with E-state index >= 15 is 0 Å². The number of aliphatic carboxylic acids is 1. The fourth-order valence-corrected chi connectivity index (χ4v) is 2.30. The smallest absolute Gasteiger partial charge is 0.317 e. The van der Waals surface area contributed by atoms with Gasteiger partial charge in [-0.2, -0.15) is 0 Å². The summed E-state index contributed by atoms with van der Waals surface area (Å²) < 4.78 is 0. The maximum Gasteiger partial charge on any atom is 0.317 e. The zero-order valence-corrected chi connectivity index (χ0v) is 12.2. The second kappa shape index (κ2) is 7.36. The number of hydrogen-bond acceptors (Lipinski definition) is 2. The molecular formula is C14H26N2O3. The lowest BCUT2D eigenvalue weighted by atomic mass is 9.98. The third-order valence-electron chi connectivity index (χ3n) is 3.93. The molecule has 0 aromatic rings. The molecule has 0 spiro atoms. The number of urea groups is 1. The van der Waals surface area contributed by atoms with Gasteiger partial charge in [0.2, 0.25) is 0 Å². The highest BCUT2D eigenvalue weighted by atomic mass is 16.4. The van der Waals surface area contributed by atoms with Crippen molar-refractivity contribution < 1.29 is 14.7 Å². The Morgan fingerprint density at radius 2 is 2.00 bits per heavy atom. The molecule has 2 amide bonds. The van der Waals surface area contributed by atoms with Crippen LogP contribution in [0, 0.1) is 5.92 Å². The molecule has 2 N–H and O–H groups in total. The predicted octanol–water partition coefficient (Wildman–Crippen LogP) is 2.46. The first-order valence-corrected chi connectivity index (χ1v) is 7.20. The number of carbonyl (C=O) groups is 2. The van der Waals surface area contributed by atoms with E-state index in [1.807, 2.05) is 11.8 Å². The van der Waals surface area contributed by atoms with Crippen LogP contribution in [0.3, 0.4) is 0 Å². The molecule has 0 aliphatic carbocycles. The third-order valence-corrected chi connectivity index (χ3v) is 3.93. The molecule has 0 radical (unpaired) electrons. The van der Waals surface area contributed by atoms with Crippen LogP contribution in [0.15, 0.2) is 0 Å². The van der Waals surface area contributed by atoms with Crippen LogP contribution in [-0.2, 0) is 4.79 Å². The van der Waals surface area contributed by atoms with Gasteiger partial charge in [-0.3, -0.25) is 4.79 Å². The minimum absolute atomic E-state index is 0.0451. The number of rotatable bonds is 5. The monoisotopic (exact) mass is 270 g/mol. The first kappa shape index (κ1) is 15.8. The van der Waals surface area contributed by atoms with Crippen LogP contribution >= 0.6 is 0 Å². The molecule has 2 unspecified atom stereocenters. The van der Waals surface area contributed by atoms with Crippen molar-refractivity contribution in [3.05, 3.63) is 0 Å². The summed E-state index contributed by atoms with van der Waals surface area (Å²) in [7, 11) is 0. The Balaban J connectivity index is 2.55. The summed E-state index contributed by atoms with van der Waals surface area (Å²) in [5.74, 6) is -0.396. The number of carboxylic acids is 1. The fourth-order valence-electron chi connectivity index (χ4n) is 2.30. The number of nitrogens with one attached hydrogen (secondary N) is 1. The van der Waals surface area contributed by atoms with Gasteiger partial charge in [0.1, 0.15) is 0 Å². The van der Waals surface area contributed by atoms with Crippen molar-refractivity contribution in [2.24, 2.45) is 5.92 Å². The van der Waals surface area contributed by atoms with Crippen LogP contribution in [0.4, 0.5) is 4.79 Å². The maximum absolute atomic E-state index is 12.2. The van der Waals surface area contributed by atoms with Crippen LogP contribution in [-0.4, -0.2) is 40.6 Å². The second-order valence-electron chi connectivity index (χ2n) is 5.76. The van der Waals surface area contributed by atoms with Crippen molar-refractivity contribution in [3.63, 3.8) is 0 Å². The third kappa shape index (κ3) is 5.09. The average Bonchev–Trinajstić information content (AvgIpc) is 2.36. The number of likely N-dealkylation sites (tertiary alicyclic amines) is 1. The van der Waals surface area contributed by atoms with Gasteiger partial charge in [-0.1, -0.05) is 13.8 Å². The molecule has 0 bridgehead atoms. The van der Waals surface area contributed by atoms with Gasteiger partial charge >= 0.3 is 12.0 Å². The molecule has 19 heavy (non-hydrogen) atoms. The summed E-state index contributed by atoms with van der Waals surface area (Å²) in [6, 6.07) is 0.162. The minimum Gasteiger partial charge on any atom is -0.481 e. The SMILES string of the molecule is CC(C)C(C)NC(=O)N1CCCCC1CCC(=O)O. The molecule has 0 aromatic carbocycles. The quantitative estimate of drug-likeness (QED) is 0.806. The molecule has 1 fully saturated rings. The first-order chi connectivity index (χ1) is 8.91. The molecule has 1 aliphatic rings. The van der Waals surface area contributed by atoms with Gasteiger partial charge in [-0.15, -0.1) is 0 Å². The van der Waals surface area contributed by atoms with Gasteiger partial charge in [0.25, 0.3) is 0 Å². The van der Waals surface area contributed by atoms with E-state index in [0.717, 1.165) is 25.8 Å². The van der Waals surface area contributed by atoms with Crippen molar-refractivity contribution in [3.8, 4) is 0 Å². The van der Waals surface area contributed by atoms with Crippen molar-refractivity contribution in [1.29, 1.82) is 0 Å². The Bertz CT molecular complexity index is 318. The highest BCUT2D eigenvalue weighted by Crippen LogP contribution is 2.21. The summed E-state index contributed by atoms with van der Waals surface area (Å²) in [4.78, 5) is 24.7. The van der Waals surface area contributed by atoms with Crippen molar-refractivity contribution >= 4 is 12.0 Å². The van der Waals surface area contributed by atoms with E-state index in [1.54, 1.807) is 0 Å². The highest BCUT2D eigenvalue weighted by molar-refractivity contribution is 5.75. The van der Waals surface area contributed by atoms with Crippen LogP contribution < -0.4 is 5.32 Å². The lowest BCUT2D eigenvalue weighted by molar-refractivity contribution is -0.137. The summed E-state index contributed by atoms with van der Waals surface area (Å²) in [5.41, 5.74) is 0. The Hall–Kier alpha value is -1.26. The molecule has 2 atom stereocenters. The highest BCUT2D eigenvalue weighted by Gasteiger charge is 2.27. The molecule has 5 heteroatoms.